The molecule has 3 rings (SSSR count). The van der Waals surface area contributed by atoms with E-state index in [1.54, 1.807) is 10.9 Å². The molecule has 0 bridgehead atoms. The summed E-state index contributed by atoms with van der Waals surface area (Å²) >= 11 is 5.90. The van der Waals surface area contributed by atoms with Crippen molar-refractivity contribution in [3.8, 4) is 0 Å². The Morgan fingerprint density at radius 2 is 2.28 bits per heavy atom. The molecule has 0 aliphatic carbocycles. The molecular formula is C10H11ClN4O3. The number of imidazole rings is 1. The molecule has 96 valence electrons. The van der Waals surface area contributed by atoms with Crippen LogP contribution in [0.1, 0.15) is 12.6 Å². The maximum Gasteiger partial charge on any atom is 0.166 e. The van der Waals surface area contributed by atoms with E-state index in [1.165, 1.54) is 6.33 Å². The van der Waals surface area contributed by atoms with Crippen molar-refractivity contribution in [3.05, 3.63) is 17.8 Å². The zero-order chi connectivity index (χ0) is 12.7. The van der Waals surface area contributed by atoms with E-state index in [1.807, 2.05) is 0 Å². The number of aliphatic hydroxyl groups is 2. The van der Waals surface area contributed by atoms with Crippen LogP contribution in [0.25, 0.3) is 11.2 Å². The van der Waals surface area contributed by atoms with E-state index in [0.29, 0.717) is 17.6 Å². The number of ether oxygens (including phenoxy) is 1. The van der Waals surface area contributed by atoms with E-state index in [2.05, 4.69) is 15.0 Å². The highest BCUT2D eigenvalue weighted by molar-refractivity contribution is 6.33. The lowest BCUT2D eigenvalue weighted by molar-refractivity contribution is -0.0432. The van der Waals surface area contributed by atoms with Crippen molar-refractivity contribution < 1.29 is 14.9 Å². The number of rotatable bonds is 2. The van der Waals surface area contributed by atoms with Gasteiger partial charge in [0, 0.05) is 6.42 Å². The summed E-state index contributed by atoms with van der Waals surface area (Å²) in [4.78, 5) is 12.1. The van der Waals surface area contributed by atoms with Gasteiger partial charge >= 0.3 is 0 Å². The van der Waals surface area contributed by atoms with Gasteiger partial charge in [-0.2, -0.15) is 0 Å². The van der Waals surface area contributed by atoms with Crippen molar-refractivity contribution in [1.82, 2.24) is 19.5 Å². The first kappa shape index (κ1) is 11.8. The van der Waals surface area contributed by atoms with E-state index in [-0.39, 0.29) is 11.8 Å². The van der Waals surface area contributed by atoms with Crippen LogP contribution in [-0.4, -0.2) is 48.5 Å². The predicted molar refractivity (Wildman–Crippen MR) is 62.0 cm³/mol. The predicted octanol–water partition coefficient (Wildman–Crippen LogP) is 0.120. The Labute approximate surface area is 107 Å². The van der Waals surface area contributed by atoms with Crippen LogP contribution in [0, 0.1) is 0 Å². The lowest BCUT2D eigenvalue weighted by Crippen LogP contribution is -2.24. The average molecular weight is 274 g/mol. The minimum absolute atomic E-state index is 0.222. The summed E-state index contributed by atoms with van der Waals surface area (Å²) in [7, 11) is 0. The third-order valence-corrected chi connectivity index (χ3v) is 3.29. The fourth-order valence-corrected chi connectivity index (χ4v) is 2.26. The van der Waals surface area contributed by atoms with Crippen LogP contribution in [0.5, 0.6) is 0 Å². The lowest BCUT2D eigenvalue weighted by atomic mass is 10.2. The minimum Gasteiger partial charge on any atom is -0.394 e. The van der Waals surface area contributed by atoms with Crippen LogP contribution in [0.2, 0.25) is 5.15 Å². The van der Waals surface area contributed by atoms with E-state index >= 15 is 0 Å². The molecule has 0 aromatic carbocycles. The first-order valence-electron chi connectivity index (χ1n) is 5.48. The van der Waals surface area contributed by atoms with Crippen LogP contribution >= 0.6 is 11.6 Å². The third kappa shape index (κ3) is 1.76. The fourth-order valence-electron chi connectivity index (χ4n) is 2.08. The van der Waals surface area contributed by atoms with Gasteiger partial charge in [-0.25, -0.2) is 15.0 Å². The zero-order valence-corrected chi connectivity index (χ0v) is 10.0. The van der Waals surface area contributed by atoms with Gasteiger partial charge in [0.05, 0.1) is 19.0 Å². The lowest BCUT2D eigenvalue weighted by Gasteiger charge is -2.13. The van der Waals surface area contributed by atoms with E-state index in [4.69, 9.17) is 21.4 Å². The van der Waals surface area contributed by atoms with Crippen LogP contribution < -0.4 is 0 Å². The quantitative estimate of drug-likeness (QED) is 0.755. The summed E-state index contributed by atoms with van der Waals surface area (Å²) in [6, 6.07) is 0. The van der Waals surface area contributed by atoms with Crippen molar-refractivity contribution in [2.75, 3.05) is 6.61 Å². The van der Waals surface area contributed by atoms with Gasteiger partial charge in [0.1, 0.15) is 24.2 Å². The monoisotopic (exact) mass is 273 g/mol. The molecule has 2 aromatic heterocycles. The van der Waals surface area contributed by atoms with Gasteiger partial charge in [0.15, 0.2) is 10.8 Å². The third-order valence-electron chi connectivity index (χ3n) is 3.01. The maximum atomic E-state index is 9.71. The van der Waals surface area contributed by atoms with Gasteiger partial charge in [-0.15, -0.1) is 0 Å². The first-order valence-corrected chi connectivity index (χ1v) is 5.86. The molecule has 0 unspecified atom stereocenters. The second-order valence-electron chi connectivity index (χ2n) is 4.10. The zero-order valence-electron chi connectivity index (χ0n) is 9.27. The maximum absolute atomic E-state index is 9.71. The number of halogens is 1. The molecule has 8 heteroatoms. The summed E-state index contributed by atoms with van der Waals surface area (Å²) in [5.41, 5.74) is 1.04. The molecule has 0 radical (unpaired) electrons. The van der Waals surface area contributed by atoms with Crippen LogP contribution in [0.15, 0.2) is 12.7 Å². The van der Waals surface area contributed by atoms with Crippen molar-refractivity contribution in [3.63, 3.8) is 0 Å². The fraction of sp³-hybridized carbons (Fsp3) is 0.500. The molecule has 3 heterocycles. The molecule has 0 amide bonds. The molecule has 18 heavy (non-hydrogen) atoms. The average Bonchev–Trinajstić information content (AvgIpc) is 2.93. The Kier molecular flexibility index (Phi) is 2.90. The summed E-state index contributed by atoms with van der Waals surface area (Å²) in [5, 5.41) is 19.0. The Balaban J connectivity index is 1.99. The van der Waals surface area contributed by atoms with Gasteiger partial charge in [0.25, 0.3) is 0 Å². The number of fused-ring (bicyclic) bond motifs is 1. The molecule has 1 saturated heterocycles. The Morgan fingerprint density at radius 3 is 3.00 bits per heavy atom. The van der Waals surface area contributed by atoms with Crippen molar-refractivity contribution in [1.29, 1.82) is 0 Å². The highest BCUT2D eigenvalue weighted by Crippen LogP contribution is 2.31. The molecule has 2 N–H and O–H groups in total. The molecule has 0 spiro atoms. The Hall–Kier alpha value is -1.28. The molecule has 0 saturated carbocycles. The van der Waals surface area contributed by atoms with Gasteiger partial charge in [0.2, 0.25) is 0 Å². The van der Waals surface area contributed by atoms with Crippen LogP contribution in [0.3, 0.4) is 0 Å². The van der Waals surface area contributed by atoms with Crippen molar-refractivity contribution >= 4 is 22.8 Å². The van der Waals surface area contributed by atoms with Gasteiger partial charge < -0.3 is 14.9 Å². The Morgan fingerprint density at radius 1 is 1.44 bits per heavy atom. The summed E-state index contributed by atoms with van der Waals surface area (Å²) in [6.07, 6.45) is 1.57. The SMILES string of the molecule is OC[C@H]1O[C@@H](n2cnc3c(Cl)[15n][13cH][15n]c32)C[C@@H]1O. The first-order chi connectivity index (χ1) is 8.70. The molecule has 3 atom stereocenters. The molecular weight excluding hydrogens is 263 g/mol. The molecule has 1 aliphatic heterocycles. The van der Waals surface area contributed by atoms with Crippen molar-refractivity contribution in [2.45, 2.75) is 24.9 Å². The second kappa shape index (κ2) is 4.43. The minimum atomic E-state index is -0.699. The van der Waals surface area contributed by atoms with Gasteiger partial charge in [-0.05, 0) is 0 Å². The number of hydrogen-bond acceptors (Lipinski definition) is 6. The summed E-state index contributed by atoms with van der Waals surface area (Å²) in [5.74, 6) is 0. The molecule has 7 nitrogen and oxygen atoms in total. The van der Waals surface area contributed by atoms with E-state index in [9.17, 15) is 5.11 Å². The van der Waals surface area contributed by atoms with E-state index < -0.39 is 18.4 Å². The molecule has 1 aliphatic rings. The van der Waals surface area contributed by atoms with Crippen LogP contribution in [-0.2, 0) is 4.74 Å². The van der Waals surface area contributed by atoms with Crippen LogP contribution in [0.4, 0.5) is 0 Å². The normalized spacial score (nSPS) is 28.1. The number of aromatic nitrogens is 4. The number of nitrogens with zero attached hydrogens (tertiary/aromatic N) is 4. The highest BCUT2D eigenvalue weighted by atomic mass is 35.5. The summed E-state index contributed by atoms with van der Waals surface area (Å²) < 4.78 is 7.22. The van der Waals surface area contributed by atoms with Gasteiger partial charge in [-0.1, -0.05) is 11.6 Å². The summed E-state index contributed by atoms with van der Waals surface area (Å²) in [6.45, 7) is -0.222. The number of hydrogen-bond donors (Lipinski definition) is 2. The van der Waals surface area contributed by atoms with E-state index in [0.717, 1.165) is 0 Å². The highest BCUT2D eigenvalue weighted by Gasteiger charge is 2.35. The smallest absolute Gasteiger partial charge is 0.166 e. The molecule has 1 fully saturated rings. The Bertz CT molecular complexity index is 575. The topological polar surface area (TPSA) is 93.3 Å². The van der Waals surface area contributed by atoms with Gasteiger partial charge in [-0.3, -0.25) is 4.57 Å². The molecule has 2 aromatic rings. The second-order valence-corrected chi connectivity index (χ2v) is 4.46. The van der Waals surface area contributed by atoms with Crippen molar-refractivity contribution in [2.24, 2.45) is 0 Å². The standard InChI is InChI=1S/C10H11ClN4O3/c11-9-8-10(13-3-12-9)15(4-14-8)7-1-5(17)6(2-16)18-7/h3-7,16-17H,1-2H2/t5-,6+,7+/m0/s1/i3+1,12+1,13+1. The largest absolute Gasteiger partial charge is 0.394 e. The number of aliphatic hydroxyl groups excluding tert-OH is 2.